The zero-order chi connectivity index (χ0) is 26.5. The lowest BCUT2D eigenvalue weighted by Crippen LogP contribution is -2.25. The molecule has 0 unspecified atom stereocenters. The minimum absolute atomic E-state index is 0.288. The molecule has 0 bridgehead atoms. The molecule has 0 aliphatic carbocycles. The summed E-state index contributed by atoms with van der Waals surface area (Å²) in [5, 5.41) is 9.31. The van der Waals surface area contributed by atoms with Crippen molar-refractivity contribution in [1.82, 2.24) is 14.5 Å². The number of nitrogens with zero attached hydrogens (tertiary/aromatic N) is 3. The topological polar surface area (TPSA) is 76.8 Å². The number of aromatic nitrogens is 2. The van der Waals surface area contributed by atoms with E-state index in [0.717, 1.165) is 52.7 Å². The smallest absolute Gasteiger partial charge is 0.335 e. The van der Waals surface area contributed by atoms with E-state index in [0.29, 0.717) is 32.8 Å². The molecule has 0 radical (unpaired) electrons. The van der Waals surface area contributed by atoms with Gasteiger partial charge >= 0.3 is 5.97 Å². The number of carboxylic acids is 1. The van der Waals surface area contributed by atoms with Gasteiger partial charge < -0.3 is 19.1 Å². The molecule has 1 aliphatic heterocycles. The highest BCUT2D eigenvalue weighted by Crippen LogP contribution is 2.32. The van der Waals surface area contributed by atoms with Gasteiger partial charge in [-0.1, -0.05) is 55.5 Å². The van der Waals surface area contributed by atoms with E-state index in [9.17, 15) is 9.90 Å². The fourth-order valence-corrected chi connectivity index (χ4v) is 4.91. The molecule has 2 heterocycles. The molecule has 0 saturated heterocycles. The molecule has 4 aromatic rings. The van der Waals surface area contributed by atoms with E-state index in [2.05, 4.69) is 47.6 Å². The predicted molar refractivity (Wildman–Crippen MR) is 146 cm³/mol. The average Bonchev–Trinajstić information content (AvgIpc) is 3.24. The van der Waals surface area contributed by atoms with E-state index < -0.39 is 5.97 Å². The van der Waals surface area contributed by atoms with Crippen LogP contribution in [0.5, 0.6) is 11.5 Å². The number of fused-ring (bicyclic) bond motifs is 1. The lowest BCUT2D eigenvalue weighted by molar-refractivity contribution is 0.0697. The van der Waals surface area contributed by atoms with E-state index in [1.165, 1.54) is 5.69 Å². The number of ether oxygens (including phenoxy) is 2. The monoisotopic (exact) mass is 511 g/mol. The number of rotatable bonds is 10. The van der Waals surface area contributed by atoms with Crippen LogP contribution in [0.4, 0.5) is 0 Å². The summed E-state index contributed by atoms with van der Waals surface area (Å²) >= 11 is 0. The highest BCUT2D eigenvalue weighted by Gasteiger charge is 2.20. The fraction of sp³-hybridized carbons (Fsp3) is 0.290. The highest BCUT2D eigenvalue weighted by molar-refractivity contribution is 5.87. The van der Waals surface area contributed by atoms with Crippen LogP contribution in [-0.2, 0) is 26.2 Å². The number of imidazole rings is 1. The molecule has 0 fully saturated rings. The van der Waals surface area contributed by atoms with Crippen LogP contribution >= 0.6 is 0 Å². The summed E-state index contributed by atoms with van der Waals surface area (Å²) in [5.41, 5.74) is 5.78. The SMILES string of the molecule is CCCn1c(-c2ccccc2)nc(C)c1CN(Cc1ccc(C(=O)O)cc1)Cc1ccc2c(c1)OCCO2. The summed E-state index contributed by atoms with van der Waals surface area (Å²) in [7, 11) is 0. The number of hydrogen-bond acceptors (Lipinski definition) is 5. The van der Waals surface area contributed by atoms with Gasteiger partial charge in [0.2, 0.25) is 0 Å². The Morgan fingerprint density at radius 3 is 2.32 bits per heavy atom. The molecule has 0 amide bonds. The summed E-state index contributed by atoms with van der Waals surface area (Å²) < 4.78 is 13.9. The third-order valence-corrected chi connectivity index (χ3v) is 6.75. The van der Waals surface area contributed by atoms with Crippen molar-refractivity contribution in [3.63, 3.8) is 0 Å². The molecule has 1 N–H and O–H groups in total. The van der Waals surface area contributed by atoms with Gasteiger partial charge in [-0.2, -0.15) is 0 Å². The van der Waals surface area contributed by atoms with E-state index in [1.807, 2.05) is 36.4 Å². The van der Waals surface area contributed by atoms with Gasteiger partial charge in [0.1, 0.15) is 19.0 Å². The van der Waals surface area contributed by atoms with Gasteiger partial charge in [0.25, 0.3) is 0 Å². The number of aryl methyl sites for hydroxylation is 1. The normalized spacial score (nSPS) is 12.6. The predicted octanol–water partition coefficient (Wildman–Crippen LogP) is 5.94. The lowest BCUT2D eigenvalue weighted by atomic mass is 10.1. The first-order valence-corrected chi connectivity index (χ1v) is 13.1. The van der Waals surface area contributed by atoms with Crippen molar-refractivity contribution in [3.05, 3.63) is 101 Å². The highest BCUT2D eigenvalue weighted by atomic mass is 16.6. The summed E-state index contributed by atoms with van der Waals surface area (Å²) in [6, 6.07) is 23.6. The molecule has 196 valence electrons. The van der Waals surface area contributed by atoms with Crippen LogP contribution in [0.1, 0.15) is 46.2 Å². The van der Waals surface area contributed by atoms with Crippen LogP contribution in [-0.4, -0.2) is 38.7 Å². The van der Waals surface area contributed by atoms with E-state index in [4.69, 9.17) is 14.5 Å². The van der Waals surface area contributed by atoms with Crippen molar-refractivity contribution >= 4 is 5.97 Å². The Morgan fingerprint density at radius 1 is 0.921 bits per heavy atom. The number of carboxylic acid groups (broad SMARTS) is 1. The van der Waals surface area contributed by atoms with Gasteiger partial charge in [0, 0.05) is 31.7 Å². The van der Waals surface area contributed by atoms with Crippen molar-refractivity contribution in [2.45, 2.75) is 46.4 Å². The summed E-state index contributed by atoms with van der Waals surface area (Å²) in [6.45, 7) is 8.30. The molecule has 0 saturated carbocycles. The molecule has 0 atom stereocenters. The molecular formula is C31H33N3O4. The molecular weight excluding hydrogens is 478 g/mol. The van der Waals surface area contributed by atoms with Gasteiger partial charge in [0.15, 0.2) is 11.5 Å². The van der Waals surface area contributed by atoms with E-state index >= 15 is 0 Å². The van der Waals surface area contributed by atoms with Crippen molar-refractivity contribution < 1.29 is 19.4 Å². The summed E-state index contributed by atoms with van der Waals surface area (Å²) in [5.74, 6) is 1.63. The van der Waals surface area contributed by atoms with Crippen molar-refractivity contribution in [2.24, 2.45) is 0 Å². The first kappa shape index (κ1) is 25.5. The summed E-state index contributed by atoms with van der Waals surface area (Å²) in [6.07, 6.45) is 1.00. The molecule has 1 aromatic heterocycles. The summed E-state index contributed by atoms with van der Waals surface area (Å²) in [4.78, 5) is 18.7. The zero-order valence-corrected chi connectivity index (χ0v) is 21.9. The van der Waals surface area contributed by atoms with Crippen LogP contribution in [0.3, 0.4) is 0 Å². The maximum Gasteiger partial charge on any atom is 0.335 e. The minimum Gasteiger partial charge on any atom is -0.486 e. The maximum absolute atomic E-state index is 11.3. The molecule has 7 nitrogen and oxygen atoms in total. The van der Waals surface area contributed by atoms with Crippen LogP contribution in [0.2, 0.25) is 0 Å². The third-order valence-electron chi connectivity index (χ3n) is 6.75. The number of hydrogen-bond donors (Lipinski definition) is 1. The van der Waals surface area contributed by atoms with Gasteiger partial charge in [0.05, 0.1) is 17.0 Å². The van der Waals surface area contributed by atoms with Crippen LogP contribution in [0, 0.1) is 6.92 Å². The standard InChI is InChI=1S/C31H33N3O4/c1-3-15-34-27(22(2)32-30(34)25-7-5-4-6-8-25)21-33(19-23-9-12-26(13-10-23)31(35)36)20-24-11-14-28-29(18-24)38-17-16-37-28/h4-14,18H,3,15-17,19-21H2,1-2H3,(H,35,36). The Hall–Kier alpha value is -4.10. The second-order valence-electron chi connectivity index (χ2n) is 9.61. The van der Waals surface area contributed by atoms with Gasteiger partial charge in [-0.15, -0.1) is 0 Å². The average molecular weight is 512 g/mol. The Kier molecular flexibility index (Phi) is 7.75. The van der Waals surface area contributed by atoms with Gasteiger partial charge in [-0.25, -0.2) is 9.78 Å². The molecule has 7 heteroatoms. The lowest BCUT2D eigenvalue weighted by Gasteiger charge is -2.25. The molecule has 38 heavy (non-hydrogen) atoms. The first-order valence-electron chi connectivity index (χ1n) is 13.1. The van der Waals surface area contributed by atoms with Crippen molar-refractivity contribution in [2.75, 3.05) is 13.2 Å². The fourth-order valence-electron chi connectivity index (χ4n) is 4.91. The Bertz CT molecular complexity index is 1400. The van der Waals surface area contributed by atoms with E-state index in [-0.39, 0.29) is 5.56 Å². The number of benzene rings is 3. The molecule has 5 rings (SSSR count). The molecule has 3 aromatic carbocycles. The van der Waals surface area contributed by atoms with Crippen molar-refractivity contribution in [1.29, 1.82) is 0 Å². The number of carbonyl (C=O) groups is 1. The zero-order valence-electron chi connectivity index (χ0n) is 21.9. The van der Waals surface area contributed by atoms with Crippen LogP contribution in [0.25, 0.3) is 11.4 Å². The quantitative estimate of drug-likeness (QED) is 0.284. The molecule has 0 spiro atoms. The van der Waals surface area contributed by atoms with Crippen LogP contribution in [0.15, 0.2) is 72.8 Å². The second-order valence-corrected chi connectivity index (χ2v) is 9.61. The van der Waals surface area contributed by atoms with Gasteiger partial charge in [-0.3, -0.25) is 4.90 Å². The molecule has 1 aliphatic rings. The Morgan fingerprint density at radius 2 is 1.61 bits per heavy atom. The maximum atomic E-state index is 11.3. The Balaban J connectivity index is 1.47. The largest absolute Gasteiger partial charge is 0.486 e. The van der Waals surface area contributed by atoms with Crippen molar-refractivity contribution in [3.8, 4) is 22.9 Å². The van der Waals surface area contributed by atoms with E-state index in [1.54, 1.807) is 12.1 Å². The first-order chi connectivity index (χ1) is 18.5. The van der Waals surface area contributed by atoms with Crippen LogP contribution < -0.4 is 9.47 Å². The third kappa shape index (κ3) is 5.73. The van der Waals surface area contributed by atoms with Gasteiger partial charge in [-0.05, 0) is 48.7 Å². The second kappa shape index (κ2) is 11.5. The minimum atomic E-state index is -0.919. The Labute approximate surface area is 223 Å². The number of aromatic carboxylic acids is 1.